The number of carbonyl (C=O) groups excluding carboxylic acids is 1. The SMILES string of the molecule is CC[C@@H](C)NC(=O)Cc1nnc2cc(-c3nc(C4CC4)no3)ccn12. The Balaban J connectivity index is 1.54. The van der Waals surface area contributed by atoms with E-state index in [0.717, 1.165) is 30.7 Å². The smallest absolute Gasteiger partial charge is 0.258 e. The molecule has 8 nitrogen and oxygen atoms in total. The summed E-state index contributed by atoms with van der Waals surface area (Å²) < 4.78 is 7.15. The molecular formula is C17H20N6O2. The lowest BCUT2D eigenvalue weighted by molar-refractivity contribution is -0.121. The van der Waals surface area contributed by atoms with E-state index >= 15 is 0 Å². The standard InChI is InChI=1S/C17H20N6O2/c1-3-10(2)18-15(24)9-14-21-20-13-8-12(6-7-23(13)14)17-19-16(22-25-17)11-4-5-11/h6-8,10-11H,3-5,9H2,1-2H3,(H,18,24)/t10-/m1/s1. The van der Waals surface area contributed by atoms with Gasteiger partial charge in [0.25, 0.3) is 5.89 Å². The van der Waals surface area contributed by atoms with Gasteiger partial charge in [-0.15, -0.1) is 10.2 Å². The van der Waals surface area contributed by atoms with Crippen LogP contribution in [-0.4, -0.2) is 36.7 Å². The minimum Gasteiger partial charge on any atom is -0.353 e. The summed E-state index contributed by atoms with van der Waals surface area (Å²) in [6.45, 7) is 4.01. The summed E-state index contributed by atoms with van der Waals surface area (Å²) in [6.07, 6.45) is 5.17. The molecule has 25 heavy (non-hydrogen) atoms. The second kappa shape index (κ2) is 6.27. The van der Waals surface area contributed by atoms with Gasteiger partial charge in [0.1, 0.15) is 5.82 Å². The number of hydrogen-bond acceptors (Lipinski definition) is 6. The Labute approximate surface area is 144 Å². The number of fused-ring (bicyclic) bond motifs is 1. The van der Waals surface area contributed by atoms with Crippen LogP contribution in [0.3, 0.4) is 0 Å². The van der Waals surface area contributed by atoms with Crippen molar-refractivity contribution in [2.75, 3.05) is 0 Å². The van der Waals surface area contributed by atoms with Crippen LogP contribution >= 0.6 is 0 Å². The molecule has 1 atom stereocenters. The number of rotatable bonds is 6. The third kappa shape index (κ3) is 3.24. The van der Waals surface area contributed by atoms with Crippen LogP contribution in [0.1, 0.15) is 50.7 Å². The summed E-state index contributed by atoms with van der Waals surface area (Å²) in [7, 11) is 0. The van der Waals surface area contributed by atoms with E-state index in [2.05, 4.69) is 25.7 Å². The first-order valence-electron chi connectivity index (χ1n) is 8.61. The van der Waals surface area contributed by atoms with Crippen LogP contribution < -0.4 is 5.32 Å². The van der Waals surface area contributed by atoms with Crippen LogP contribution in [-0.2, 0) is 11.2 Å². The zero-order valence-corrected chi connectivity index (χ0v) is 14.3. The molecule has 1 N–H and O–H groups in total. The number of nitrogens with one attached hydrogen (secondary N) is 1. The lowest BCUT2D eigenvalue weighted by atomic mass is 10.2. The van der Waals surface area contributed by atoms with Crippen molar-refractivity contribution in [3.8, 4) is 11.5 Å². The van der Waals surface area contributed by atoms with Gasteiger partial charge in [-0.2, -0.15) is 4.98 Å². The van der Waals surface area contributed by atoms with Gasteiger partial charge in [0.15, 0.2) is 11.5 Å². The fraction of sp³-hybridized carbons (Fsp3) is 0.471. The maximum absolute atomic E-state index is 12.1. The van der Waals surface area contributed by atoms with Gasteiger partial charge in [0, 0.05) is 23.7 Å². The fourth-order valence-electron chi connectivity index (χ4n) is 2.62. The van der Waals surface area contributed by atoms with Gasteiger partial charge in [-0.3, -0.25) is 9.20 Å². The van der Waals surface area contributed by atoms with Gasteiger partial charge in [-0.25, -0.2) is 0 Å². The Morgan fingerprint density at radius 1 is 1.44 bits per heavy atom. The molecule has 0 spiro atoms. The summed E-state index contributed by atoms with van der Waals surface area (Å²) in [4.78, 5) is 16.5. The molecule has 3 aromatic heterocycles. The number of pyridine rings is 1. The van der Waals surface area contributed by atoms with Crippen molar-refractivity contribution in [3.63, 3.8) is 0 Å². The van der Waals surface area contributed by atoms with Gasteiger partial charge in [-0.1, -0.05) is 12.1 Å². The van der Waals surface area contributed by atoms with Gasteiger partial charge < -0.3 is 9.84 Å². The van der Waals surface area contributed by atoms with Crippen molar-refractivity contribution >= 4 is 11.6 Å². The Morgan fingerprint density at radius 2 is 2.28 bits per heavy atom. The highest BCUT2D eigenvalue weighted by Gasteiger charge is 2.29. The molecular weight excluding hydrogens is 320 g/mol. The predicted molar refractivity (Wildman–Crippen MR) is 89.9 cm³/mol. The molecule has 1 fully saturated rings. The molecule has 130 valence electrons. The van der Waals surface area contributed by atoms with Gasteiger partial charge in [-0.05, 0) is 38.3 Å². The molecule has 8 heteroatoms. The monoisotopic (exact) mass is 340 g/mol. The molecule has 0 saturated heterocycles. The minimum atomic E-state index is -0.0568. The lowest BCUT2D eigenvalue weighted by Crippen LogP contribution is -2.33. The Bertz CT molecular complexity index is 911. The zero-order chi connectivity index (χ0) is 17.4. The van der Waals surface area contributed by atoms with E-state index in [4.69, 9.17) is 4.52 Å². The quantitative estimate of drug-likeness (QED) is 0.738. The summed E-state index contributed by atoms with van der Waals surface area (Å²) in [5.74, 6) is 2.26. The van der Waals surface area contributed by atoms with Crippen molar-refractivity contribution in [3.05, 3.63) is 30.0 Å². The average Bonchev–Trinajstić information content (AvgIpc) is 3.21. The molecule has 0 unspecified atom stereocenters. The number of nitrogens with zero attached hydrogens (tertiary/aromatic N) is 5. The van der Waals surface area contributed by atoms with E-state index in [1.807, 2.05) is 32.2 Å². The van der Waals surface area contributed by atoms with Crippen LogP contribution in [0.2, 0.25) is 0 Å². The van der Waals surface area contributed by atoms with E-state index in [-0.39, 0.29) is 18.4 Å². The molecule has 0 aliphatic heterocycles. The molecule has 0 aromatic carbocycles. The normalized spacial score (nSPS) is 15.4. The van der Waals surface area contributed by atoms with Gasteiger partial charge >= 0.3 is 0 Å². The third-order valence-corrected chi connectivity index (χ3v) is 4.45. The van der Waals surface area contributed by atoms with Crippen molar-refractivity contribution in [1.82, 2.24) is 30.1 Å². The van der Waals surface area contributed by atoms with E-state index < -0.39 is 0 Å². The highest BCUT2D eigenvalue weighted by Crippen LogP contribution is 2.38. The molecule has 0 radical (unpaired) electrons. The van der Waals surface area contributed by atoms with Crippen molar-refractivity contribution in [2.24, 2.45) is 0 Å². The predicted octanol–water partition coefficient (Wildman–Crippen LogP) is 2.11. The van der Waals surface area contributed by atoms with E-state index in [9.17, 15) is 4.79 Å². The summed E-state index contributed by atoms with van der Waals surface area (Å²) in [5, 5.41) is 15.3. The summed E-state index contributed by atoms with van der Waals surface area (Å²) in [6, 6.07) is 3.86. The molecule has 0 bridgehead atoms. The average molecular weight is 340 g/mol. The van der Waals surface area contributed by atoms with Gasteiger partial charge in [0.05, 0.1) is 6.42 Å². The van der Waals surface area contributed by atoms with Crippen LogP contribution in [0, 0.1) is 0 Å². The molecule has 4 rings (SSSR count). The largest absolute Gasteiger partial charge is 0.353 e. The van der Waals surface area contributed by atoms with E-state index in [1.165, 1.54) is 0 Å². The highest BCUT2D eigenvalue weighted by molar-refractivity contribution is 5.78. The van der Waals surface area contributed by atoms with Crippen molar-refractivity contribution in [2.45, 2.75) is 51.5 Å². The van der Waals surface area contributed by atoms with Crippen LogP contribution in [0.15, 0.2) is 22.9 Å². The maximum atomic E-state index is 12.1. The number of amides is 1. The number of carbonyl (C=O) groups is 1. The molecule has 3 heterocycles. The summed E-state index contributed by atoms with van der Waals surface area (Å²) in [5.41, 5.74) is 1.45. The second-order valence-corrected chi connectivity index (χ2v) is 6.55. The molecule has 1 aliphatic rings. The Morgan fingerprint density at radius 3 is 3.04 bits per heavy atom. The molecule has 1 saturated carbocycles. The number of hydrogen-bond donors (Lipinski definition) is 1. The zero-order valence-electron chi connectivity index (χ0n) is 14.3. The first-order valence-corrected chi connectivity index (χ1v) is 8.61. The topological polar surface area (TPSA) is 98.2 Å². The van der Waals surface area contributed by atoms with Crippen LogP contribution in [0.25, 0.3) is 17.1 Å². The van der Waals surface area contributed by atoms with Crippen molar-refractivity contribution < 1.29 is 9.32 Å². The second-order valence-electron chi connectivity index (χ2n) is 6.55. The summed E-state index contributed by atoms with van der Waals surface area (Å²) >= 11 is 0. The van der Waals surface area contributed by atoms with E-state index in [1.54, 1.807) is 4.40 Å². The van der Waals surface area contributed by atoms with Crippen LogP contribution in [0.5, 0.6) is 0 Å². The van der Waals surface area contributed by atoms with Crippen LogP contribution in [0.4, 0.5) is 0 Å². The maximum Gasteiger partial charge on any atom is 0.258 e. The Hall–Kier alpha value is -2.77. The Kier molecular flexibility index (Phi) is 3.95. The highest BCUT2D eigenvalue weighted by atomic mass is 16.5. The molecule has 1 aliphatic carbocycles. The number of aromatic nitrogens is 5. The first-order chi connectivity index (χ1) is 12.1. The molecule has 3 aromatic rings. The minimum absolute atomic E-state index is 0.0568. The van der Waals surface area contributed by atoms with Crippen molar-refractivity contribution in [1.29, 1.82) is 0 Å². The first kappa shape index (κ1) is 15.7. The fourth-order valence-corrected chi connectivity index (χ4v) is 2.62. The van der Waals surface area contributed by atoms with Gasteiger partial charge in [0.2, 0.25) is 5.91 Å². The lowest BCUT2D eigenvalue weighted by Gasteiger charge is -2.10. The molecule has 1 amide bonds. The third-order valence-electron chi connectivity index (χ3n) is 4.45. The van der Waals surface area contributed by atoms with E-state index in [0.29, 0.717) is 23.3 Å².